The van der Waals surface area contributed by atoms with Gasteiger partial charge in [-0.25, -0.2) is 0 Å². The standard InChI is InChI=1S/C19H31NO.C15H24O2.C14H24O2.C14H24O.C13H19NO3.3C12H20.C11H15NO2/c1-7-20(12-11-19(4,5)6)14-17(21)13-18-15(2)9-8-10-16(18)3;1-5-6-7-8-9-10-11-12-13-14(16)17-15(2,3)4;1-5-6-7-8-9-10-11-12-13(15)16-14(2,3)4;1-5-6-7-8-9-10-11-12-13(15)14(2,3)4;1-13(2,3)17-12(16)11(14)8-9-4-6-10(15)7-5-9;3*1-3-5-7-9-11-12-10-8-6-4-2;1-11(2,3)10(14)8-6-7(12)4-5-9(8)13/h8-10H,7,11-14H2,1-6H3;5-6,8-9,11-12H,7,10,13H2,1-4H3;5-6,8-9H,7,10-12H2,1-4H3;5-6,8-9H,7,10-12H2,1-4H3;4-7,11,15H,8,14H2,1-3H3;3*5-8,11-12H,3-4,9-10H2,1-2H3;4-6,13H,12H2,1-3H3/b;6-5-,9-8-,12-11-;2*6-5-,9-8-;;3*7-5-,8-6-,12-11-;. The molecular weight excluding hydrogens is 1680 g/mol. The fourth-order valence-corrected chi connectivity index (χ4v) is 11.1. The number of ketones is 3. The molecule has 3 aromatic carbocycles. The van der Waals surface area contributed by atoms with Crippen molar-refractivity contribution < 1.29 is 53.2 Å². The molecule has 14 nitrogen and oxygen atoms in total. The highest BCUT2D eigenvalue weighted by Gasteiger charge is 2.27. The van der Waals surface area contributed by atoms with Gasteiger partial charge in [0.1, 0.15) is 40.1 Å². The van der Waals surface area contributed by atoms with Crippen molar-refractivity contribution in [1.82, 2.24) is 4.90 Å². The summed E-state index contributed by atoms with van der Waals surface area (Å²) in [6.45, 7) is 62.6. The molecule has 14 heteroatoms. The second-order valence-electron chi connectivity index (χ2n) is 39.1. The number of likely N-dealkylation sites (N-methyl/N-ethyl adjacent to an activating group) is 1. The van der Waals surface area contributed by atoms with Crippen LogP contribution in [0.15, 0.2) is 255 Å². The second-order valence-corrected chi connectivity index (χ2v) is 39.1. The number of hydrogen-bond acceptors (Lipinski definition) is 14. The lowest BCUT2D eigenvalue weighted by Gasteiger charge is -2.25. The molecule has 0 heterocycles. The van der Waals surface area contributed by atoms with Crippen LogP contribution in [0.25, 0.3) is 0 Å². The molecule has 0 saturated carbocycles. The molecule has 0 fully saturated rings. The van der Waals surface area contributed by atoms with E-state index in [4.69, 9.17) is 30.8 Å². The lowest BCUT2D eigenvalue weighted by Crippen LogP contribution is -2.38. The third-order valence-electron chi connectivity index (χ3n) is 18.6. The van der Waals surface area contributed by atoms with Crippen molar-refractivity contribution in [3.8, 4) is 11.5 Å². The number of nitrogen functional groups attached to an aromatic ring is 1. The topological polar surface area (TPSA) is 226 Å². The number of nitrogens with two attached hydrogens (primary N) is 2. The minimum absolute atomic E-state index is 0.0147. The van der Waals surface area contributed by atoms with Gasteiger partial charge in [-0.05, 0) is 309 Å². The predicted octanol–water partition coefficient (Wildman–Crippen LogP) is 33.2. The fourth-order valence-electron chi connectivity index (χ4n) is 11.1. The number of rotatable bonds is 47. The van der Waals surface area contributed by atoms with E-state index in [0.29, 0.717) is 61.3 Å². The fraction of sp³-hybridized carbons (Fsp3) is 0.541. The van der Waals surface area contributed by atoms with Crippen LogP contribution in [-0.4, -0.2) is 92.8 Å². The maximum absolute atomic E-state index is 12.4. The number of ether oxygens (including phenoxy) is 3. The van der Waals surface area contributed by atoms with Crippen molar-refractivity contribution in [2.45, 2.75) is 397 Å². The molecule has 0 aromatic heterocycles. The Hall–Kier alpha value is -9.76. The van der Waals surface area contributed by atoms with Gasteiger partial charge in [0.25, 0.3) is 0 Å². The summed E-state index contributed by atoms with van der Waals surface area (Å²) in [5.41, 5.74) is 15.0. The number of anilines is 1. The highest BCUT2D eigenvalue weighted by molar-refractivity contribution is 6.02. The van der Waals surface area contributed by atoms with E-state index < -0.39 is 28.6 Å². The van der Waals surface area contributed by atoms with Crippen molar-refractivity contribution in [2.75, 3.05) is 25.4 Å². The van der Waals surface area contributed by atoms with Crippen LogP contribution in [0.1, 0.15) is 381 Å². The van der Waals surface area contributed by atoms with E-state index in [9.17, 15) is 33.9 Å². The highest BCUT2D eigenvalue weighted by Crippen LogP contribution is 2.29. The van der Waals surface area contributed by atoms with Gasteiger partial charge in [0.05, 0.1) is 18.5 Å². The number of carbonyl (C=O) groups is 6. The average molecular weight is 1880 g/mol. The zero-order valence-electron chi connectivity index (χ0n) is 91.5. The summed E-state index contributed by atoms with van der Waals surface area (Å²) in [7, 11) is 0. The lowest BCUT2D eigenvalue weighted by atomic mass is 9.86. The van der Waals surface area contributed by atoms with Crippen molar-refractivity contribution in [2.24, 2.45) is 22.0 Å². The first kappa shape index (κ1) is 137. The molecule has 0 saturated heterocycles. The molecule has 0 bridgehead atoms. The molecule has 1 atom stereocenters. The van der Waals surface area contributed by atoms with Gasteiger partial charge in [-0.2, -0.15) is 0 Å². The van der Waals surface area contributed by atoms with E-state index in [0.717, 1.165) is 153 Å². The summed E-state index contributed by atoms with van der Waals surface area (Å²) >= 11 is 0. The Balaban J connectivity index is -0.000000351. The third kappa shape index (κ3) is 100. The van der Waals surface area contributed by atoms with Crippen molar-refractivity contribution in [3.05, 3.63) is 283 Å². The van der Waals surface area contributed by atoms with Crippen molar-refractivity contribution in [3.63, 3.8) is 0 Å². The Bertz CT molecular complexity index is 3890. The Morgan fingerprint density at radius 3 is 1.10 bits per heavy atom. The van der Waals surface area contributed by atoms with Gasteiger partial charge in [-0.3, -0.25) is 33.7 Å². The number of nitrogens with zero attached hydrogens (tertiary/aromatic N) is 1. The number of carbonyl (C=O) groups excluding carboxylic acids is 6. The first-order valence-corrected chi connectivity index (χ1v) is 50.4. The summed E-state index contributed by atoms with van der Waals surface area (Å²) < 4.78 is 15.6. The molecule has 0 radical (unpaired) electrons. The van der Waals surface area contributed by atoms with Crippen LogP contribution in [0.5, 0.6) is 11.5 Å². The highest BCUT2D eigenvalue weighted by atomic mass is 16.6. The van der Waals surface area contributed by atoms with Crippen LogP contribution < -0.4 is 11.5 Å². The molecule has 1 unspecified atom stereocenters. The van der Waals surface area contributed by atoms with Gasteiger partial charge < -0.3 is 35.9 Å². The number of aryl methyl sites for hydroxylation is 2. The van der Waals surface area contributed by atoms with Crippen LogP contribution in [0.4, 0.5) is 5.69 Å². The molecular formula is C122H197N3O11. The monoisotopic (exact) mass is 1880 g/mol. The van der Waals surface area contributed by atoms with Gasteiger partial charge in [-0.15, -0.1) is 0 Å². The quantitative estimate of drug-likeness (QED) is 0.00785. The number of phenols is 2. The largest absolute Gasteiger partial charge is 0.508 e. The lowest BCUT2D eigenvalue weighted by molar-refractivity contribution is -0.157. The minimum Gasteiger partial charge on any atom is -0.508 e. The minimum atomic E-state index is -0.682. The Morgan fingerprint density at radius 2 is 0.757 bits per heavy atom. The first-order chi connectivity index (χ1) is 64.0. The van der Waals surface area contributed by atoms with E-state index in [2.05, 4.69) is 270 Å². The van der Waals surface area contributed by atoms with Crippen LogP contribution >= 0.6 is 0 Å². The number of aromatic hydroxyl groups is 2. The van der Waals surface area contributed by atoms with E-state index in [-0.39, 0.29) is 45.8 Å². The van der Waals surface area contributed by atoms with Crippen LogP contribution in [0.3, 0.4) is 0 Å². The van der Waals surface area contributed by atoms with Crippen LogP contribution in [0, 0.1) is 30.1 Å². The van der Waals surface area contributed by atoms with Crippen LogP contribution in [-0.2, 0) is 51.0 Å². The summed E-state index contributed by atoms with van der Waals surface area (Å²) in [5.74, 6) is 0.0695. The Kier molecular flexibility index (Phi) is 88.6. The zero-order chi connectivity index (χ0) is 105. The van der Waals surface area contributed by atoms with E-state index in [1.807, 2.05) is 113 Å². The molecule has 0 aliphatic heterocycles. The number of unbranched alkanes of at least 4 members (excludes halogenated alkanes) is 2. The molecule has 6 N–H and O–H groups in total. The van der Waals surface area contributed by atoms with Crippen molar-refractivity contribution >= 4 is 40.9 Å². The molecule has 136 heavy (non-hydrogen) atoms. The van der Waals surface area contributed by atoms with Gasteiger partial charge in [-0.1, -0.05) is 336 Å². The number of allylic oxidation sites excluding steroid dienone is 31. The maximum Gasteiger partial charge on any atom is 0.323 e. The summed E-state index contributed by atoms with van der Waals surface area (Å²) in [6.07, 6.45) is 93.3. The molecule has 3 rings (SSSR count). The Labute approximate surface area is 833 Å². The van der Waals surface area contributed by atoms with E-state index in [1.54, 1.807) is 71.9 Å². The summed E-state index contributed by atoms with van der Waals surface area (Å²) in [6, 6.07) is 16.7. The smallest absolute Gasteiger partial charge is 0.323 e. The zero-order valence-corrected chi connectivity index (χ0v) is 91.5. The average Bonchev–Trinajstić information content (AvgIpc) is 0.808. The van der Waals surface area contributed by atoms with Gasteiger partial charge >= 0.3 is 17.9 Å². The van der Waals surface area contributed by atoms with Crippen molar-refractivity contribution in [1.29, 1.82) is 0 Å². The summed E-state index contributed by atoms with van der Waals surface area (Å²) in [5, 5.41) is 18.6. The molecule has 0 aliphatic carbocycles. The SMILES string of the molecule is C/C=C\C/C=C\C/C=C\CC(=O)OC(C)(C)C.C/C=C\C/C=C\CCCC(=O)C(C)(C)C.C/C=C\C/C=C\CCCC(=O)OC(C)(C)C.CC(C)(C)C(=O)c1cc(N)ccc1O.CC(C)(C)OC(=O)C(N)Cc1ccc(O)cc1.CC/C=C\C/C=C\C/C=C\CC.CC/C=C\C/C=C\C/C=C\CC.CC/C=C\C/C=C\C/C=C\CC.CCN(CCC(C)(C)C)CC(=O)Cc1c(C)cccc1C. The summed E-state index contributed by atoms with van der Waals surface area (Å²) in [4.78, 5) is 72.3. The normalized spacial score (nSPS) is 12.5. The number of Topliss-reactive ketones (excluding diaryl/α,β-unsaturated/α-hetero) is 3. The van der Waals surface area contributed by atoms with Gasteiger partial charge in [0, 0.05) is 35.8 Å². The number of benzene rings is 3. The van der Waals surface area contributed by atoms with Gasteiger partial charge in [0.15, 0.2) is 11.6 Å². The van der Waals surface area contributed by atoms with E-state index >= 15 is 0 Å². The van der Waals surface area contributed by atoms with Crippen LogP contribution in [0.2, 0.25) is 0 Å². The van der Waals surface area contributed by atoms with Gasteiger partial charge in [0.2, 0.25) is 0 Å². The Morgan fingerprint density at radius 1 is 0.412 bits per heavy atom. The molecule has 0 spiro atoms. The predicted molar refractivity (Wildman–Crippen MR) is 592 cm³/mol. The molecule has 3 aromatic rings. The molecule has 766 valence electrons. The number of esters is 3. The number of phenolic OH excluding ortho intramolecular Hbond substituents is 2. The number of hydrogen-bond donors (Lipinski definition) is 4. The van der Waals surface area contributed by atoms with E-state index in [1.165, 1.54) is 28.8 Å². The second kappa shape index (κ2) is 88.0. The molecule has 0 aliphatic rings. The maximum atomic E-state index is 12.4. The first-order valence-electron chi connectivity index (χ1n) is 50.4. The molecule has 0 amide bonds. The third-order valence-corrected chi connectivity index (χ3v) is 18.6.